The predicted molar refractivity (Wildman–Crippen MR) is 222 cm³/mol. The molecule has 0 aromatic carbocycles. The van der Waals surface area contributed by atoms with Crippen molar-refractivity contribution in [1.82, 2.24) is 0 Å². The van der Waals surface area contributed by atoms with Gasteiger partial charge in [0.2, 0.25) is 0 Å². The zero-order valence-corrected chi connectivity index (χ0v) is 37.4. The lowest BCUT2D eigenvalue weighted by Gasteiger charge is -2.24. The second-order valence-corrected chi connectivity index (χ2v) is 19.4. The van der Waals surface area contributed by atoms with Crippen molar-refractivity contribution in [2.45, 2.75) is 229 Å². The Hall–Kier alpha value is 0. The van der Waals surface area contributed by atoms with E-state index in [1.54, 1.807) is 0 Å². The highest BCUT2D eigenvalue weighted by Crippen LogP contribution is 2.26. The molecule has 0 aliphatic rings. The van der Waals surface area contributed by atoms with Gasteiger partial charge in [0.05, 0.1) is 0 Å². The minimum atomic E-state index is 0.856. The predicted octanol–water partition coefficient (Wildman–Crippen LogP) is 17.4. The maximum atomic E-state index is 2.36. The lowest BCUT2D eigenvalue weighted by atomic mass is 9.82. The number of rotatable bonds is 19. The minimum Gasteiger partial charge on any atom is -0.0628 e. The summed E-state index contributed by atoms with van der Waals surface area (Å²) in [5.74, 6) is 10.6. The second-order valence-electron chi connectivity index (χ2n) is 19.4. The summed E-state index contributed by atoms with van der Waals surface area (Å²) in [7, 11) is 0. The quantitative estimate of drug-likeness (QED) is 0.122. The molecule has 0 fully saturated rings. The second kappa shape index (κ2) is 37.8. The molecule has 0 aliphatic carbocycles. The van der Waals surface area contributed by atoms with Gasteiger partial charge in [0.15, 0.2) is 0 Å². The van der Waals surface area contributed by atoms with E-state index in [-0.39, 0.29) is 0 Å². The fourth-order valence-corrected chi connectivity index (χ4v) is 5.50. The molecule has 0 radical (unpaired) electrons. The fourth-order valence-electron chi connectivity index (χ4n) is 5.50. The fraction of sp³-hybridized carbons (Fsp3) is 1.00. The van der Waals surface area contributed by atoms with Crippen molar-refractivity contribution in [2.24, 2.45) is 71.0 Å². The Labute approximate surface area is 299 Å². The molecule has 0 heterocycles. The molecule has 0 spiro atoms. The van der Waals surface area contributed by atoms with Crippen LogP contribution < -0.4 is 0 Å². The summed E-state index contributed by atoms with van der Waals surface area (Å²) in [5.41, 5.74) is 0. The lowest BCUT2D eigenvalue weighted by molar-refractivity contribution is 0.268. The molecule has 0 aromatic rings. The molecule has 46 heavy (non-hydrogen) atoms. The van der Waals surface area contributed by atoms with Gasteiger partial charge in [-0.25, -0.2) is 0 Å². The molecule has 0 bridgehead atoms. The van der Waals surface area contributed by atoms with Crippen LogP contribution in [0.15, 0.2) is 0 Å². The SMILES string of the molecule is CC(C)CC(C)C.CC(C)CC(CC(C)C)C(C)C.CC(C)CCC(C)C.CC(C)CCCC(C)C.CC(C)CCCCC(C)C. The van der Waals surface area contributed by atoms with E-state index in [2.05, 4.69) is 152 Å². The Morgan fingerprint density at radius 1 is 0.217 bits per heavy atom. The van der Waals surface area contributed by atoms with Gasteiger partial charge in [-0.15, -0.1) is 0 Å². The third kappa shape index (κ3) is 70.4. The first-order valence-electron chi connectivity index (χ1n) is 20.9. The highest BCUT2D eigenvalue weighted by molar-refractivity contribution is 4.66. The van der Waals surface area contributed by atoms with Crippen LogP contribution in [0.5, 0.6) is 0 Å². The molecule has 0 saturated carbocycles. The summed E-state index contributed by atoms with van der Waals surface area (Å²) >= 11 is 0. The Morgan fingerprint density at radius 3 is 0.587 bits per heavy atom. The molecule has 0 aliphatic heterocycles. The first-order valence-corrected chi connectivity index (χ1v) is 20.9. The molecule has 0 unspecified atom stereocenters. The molecule has 0 N–H and O–H groups in total. The number of hydrogen-bond acceptors (Lipinski definition) is 0. The zero-order chi connectivity index (χ0) is 37.4. The first-order chi connectivity index (χ1) is 20.9. The van der Waals surface area contributed by atoms with Gasteiger partial charge in [0.1, 0.15) is 0 Å². The minimum absolute atomic E-state index is 0.856. The Balaban J connectivity index is -0.000000154. The summed E-state index contributed by atoms with van der Waals surface area (Å²) < 4.78 is 0. The number of unbranched alkanes of at least 4 members (excludes halogenated alkanes) is 1. The van der Waals surface area contributed by atoms with Gasteiger partial charge in [-0.2, -0.15) is 0 Å². The third-order valence-electron chi connectivity index (χ3n) is 8.13. The normalized spacial score (nSPS) is 11.6. The topological polar surface area (TPSA) is 0 Å². The van der Waals surface area contributed by atoms with Crippen molar-refractivity contribution < 1.29 is 0 Å². The van der Waals surface area contributed by atoms with Crippen molar-refractivity contribution >= 4 is 0 Å². The molecule has 0 amide bonds. The highest BCUT2D eigenvalue weighted by Gasteiger charge is 2.16. The van der Waals surface area contributed by atoms with Crippen LogP contribution in [-0.2, 0) is 0 Å². The maximum Gasteiger partial charge on any atom is -0.0386 e. The average molecular weight is 655 g/mol. The molecule has 0 atom stereocenters. The van der Waals surface area contributed by atoms with Gasteiger partial charge in [0.25, 0.3) is 0 Å². The zero-order valence-electron chi connectivity index (χ0n) is 37.4. The number of hydrogen-bond donors (Lipinski definition) is 0. The van der Waals surface area contributed by atoms with Crippen molar-refractivity contribution in [1.29, 1.82) is 0 Å². The molecular weight excluding hydrogens is 553 g/mol. The summed E-state index contributed by atoms with van der Waals surface area (Å²) in [5, 5.41) is 0. The lowest BCUT2D eigenvalue weighted by Crippen LogP contribution is -2.14. The molecule has 0 rings (SSSR count). The molecule has 0 saturated heterocycles. The van der Waals surface area contributed by atoms with Crippen LogP contribution in [-0.4, -0.2) is 0 Å². The first kappa shape index (κ1) is 55.4. The Bertz CT molecular complexity index is 472. The average Bonchev–Trinajstić information content (AvgIpc) is 2.84. The van der Waals surface area contributed by atoms with Crippen molar-refractivity contribution in [3.63, 3.8) is 0 Å². The van der Waals surface area contributed by atoms with Crippen molar-refractivity contribution in [3.05, 3.63) is 0 Å². The maximum absolute atomic E-state index is 2.36. The smallest absolute Gasteiger partial charge is 0.0386 e. The van der Waals surface area contributed by atoms with Gasteiger partial charge in [-0.1, -0.05) is 210 Å². The van der Waals surface area contributed by atoms with Crippen LogP contribution in [0.25, 0.3) is 0 Å². The van der Waals surface area contributed by atoms with Gasteiger partial charge in [-0.3, -0.25) is 0 Å². The summed E-state index contributed by atoms with van der Waals surface area (Å²) in [6.45, 7) is 50.6. The van der Waals surface area contributed by atoms with Crippen LogP contribution in [0, 0.1) is 71.0 Å². The van der Waals surface area contributed by atoms with Crippen LogP contribution in [0.1, 0.15) is 229 Å². The van der Waals surface area contributed by atoms with E-state index in [0.29, 0.717) is 0 Å². The monoisotopic (exact) mass is 655 g/mol. The van der Waals surface area contributed by atoms with E-state index in [1.807, 2.05) is 0 Å². The van der Waals surface area contributed by atoms with E-state index >= 15 is 0 Å². The molecule has 0 nitrogen and oxygen atoms in total. The van der Waals surface area contributed by atoms with Crippen molar-refractivity contribution in [3.8, 4) is 0 Å². The molecule has 286 valence electrons. The van der Waals surface area contributed by atoms with Crippen LogP contribution in [0.3, 0.4) is 0 Å². The molecule has 0 heteroatoms. The van der Waals surface area contributed by atoms with Crippen LogP contribution in [0.2, 0.25) is 0 Å². The van der Waals surface area contributed by atoms with Crippen LogP contribution in [0.4, 0.5) is 0 Å². The van der Waals surface area contributed by atoms with Gasteiger partial charge >= 0.3 is 0 Å². The largest absolute Gasteiger partial charge is 0.0628 e. The highest BCUT2D eigenvalue weighted by atomic mass is 14.2. The summed E-state index contributed by atoms with van der Waals surface area (Å²) in [6, 6.07) is 0. The summed E-state index contributed by atoms with van der Waals surface area (Å²) in [4.78, 5) is 0. The molecular formula is C46H102. The summed E-state index contributed by atoms with van der Waals surface area (Å²) in [6.07, 6.45) is 16.8. The van der Waals surface area contributed by atoms with Gasteiger partial charge < -0.3 is 0 Å². The van der Waals surface area contributed by atoms with Crippen LogP contribution >= 0.6 is 0 Å². The van der Waals surface area contributed by atoms with E-state index in [1.165, 1.54) is 77.0 Å². The van der Waals surface area contributed by atoms with E-state index in [4.69, 9.17) is 0 Å². The van der Waals surface area contributed by atoms with E-state index in [9.17, 15) is 0 Å². The van der Waals surface area contributed by atoms with E-state index in [0.717, 1.165) is 71.0 Å². The Morgan fingerprint density at radius 2 is 0.435 bits per heavy atom. The Kier molecular flexibility index (Phi) is 45.6. The molecule has 0 aromatic heterocycles. The third-order valence-corrected chi connectivity index (χ3v) is 8.13. The van der Waals surface area contributed by atoms with Gasteiger partial charge in [-0.05, 0) is 90.3 Å². The van der Waals surface area contributed by atoms with E-state index < -0.39 is 0 Å². The standard InChI is InChI=1S/C12H26.C10H22.C9H20.C8H18.C7H16/c1-9(2)7-12(11(5)6)8-10(3)4;1-9(2)7-5-6-8-10(3)4;1-8(2)6-5-7-9(3)4;1-7(2)5-6-8(3)4;1-6(2)5-7(3)4/h9-12H,7-8H2,1-6H3;9-10H,5-8H2,1-4H3;8-9H,5-7H2,1-4H3;7-8H,5-6H2,1-4H3;6-7H,5H2,1-4H3. The van der Waals surface area contributed by atoms with Crippen molar-refractivity contribution in [2.75, 3.05) is 0 Å². The van der Waals surface area contributed by atoms with Gasteiger partial charge in [0, 0.05) is 0 Å².